The Morgan fingerprint density at radius 1 is 1.18 bits per heavy atom. The lowest BCUT2D eigenvalue weighted by Crippen LogP contribution is -2.35. The van der Waals surface area contributed by atoms with Gasteiger partial charge in [0.15, 0.2) is 0 Å². The highest BCUT2D eigenvalue weighted by Crippen LogP contribution is 2.27. The second kappa shape index (κ2) is 8.87. The number of benzene rings is 1. The fraction of sp³-hybridized carbons (Fsp3) is 0.409. The Labute approximate surface area is 165 Å². The number of fused-ring (bicyclic) bond motifs is 1. The summed E-state index contributed by atoms with van der Waals surface area (Å²) in [5, 5.41) is 2.97. The zero-order valence-electron chi connectivity index (χ0n) is 16.8. The number of hydrogen-bond acceptors (Lipinski definition) is 3. The molecule has 0 saturated heterocycles. The summed E-state index contributed by atoms with van der Waals surface area (Å²) < 4.78 is 3.39. The number of nitrogens with one attached hydrogen (secondary N) is 1. The Morgan fingerprint density at radius 2 is 1.93 bits per heavy atom. The summed E-state index contributed by atoms with van der Waals surface area (Å²) in [5.74, 6) is -0.103. The van der Waals surface area contributed by atoms with E-state index in [4.69, 9.17) is 0 Å². The lowest BCUT2D eigenvalue weighted by atomic mass is 10.1. The maximum Gasteiger partial charge on any atom is 0.277 e. The monoisotopic (exact) mass is 380 g/mol. The van der Waals surface area contributed by atoms with Gasteiger partial charge in [-0.15, -0.1) is 0 Å². The van der Waals surface area contributed by atoms with Gasteiger partial charge in [-0.1, -0.05) is 50.6 Å². The second-order valence-corrected chi connectivity index (χ2v) is 7.21. The minimum Gasteiger partial charge on any atom is -0.352 e. The molecule has 148 valence electrons. The van der Waals surface area contributed by atoms with E-state index in [2.05, 4.69) is 17.2 Å². The molecule has 0 aliphatic carbocycles. The highest BCUT2D eigenvalue weighted by Gasteiger charge is 2.18. The Bertz CT molecular complexity index is 1000. The first-order valence-corrected chi connectivity index (χ1v) is 9.98. The Kier molecular flexibility index (Phi) is 6.29. The lowest BCUT2D eigenvalue weighted by Gasteiger charge is -2.12. The largest absolute Gasteiger partial charge is 0.352 e. The van der Waals surface area contributed by atoms with Crippen LogP contribution in [0.1, 0.15) is 40.0 Å². The van der Waals surface area contributed by atoms with Crippen LogP contribution in [0.5, 0.6) is 0 Å². The van der Waals surface area contributed by atoms with Crippen molar-refractivity contribution in [1.82, 2.24) is 19.4 Å². The molecule has 0 fully saturated rings. The normalized spacial score (nSPS) is 12.2. The third kappa shape index (κ3) is 4.16. The fourth-order valence-corrected chi connectivity index (χ4v) is 3.23. The molecule has 1 aromatic carbocycles. The van der Waals surface area contributed by atoms with Crippen LogP contribution < -0.4 is 10.9 Å². The lowest BCUT2D eigenvalue weighted by molar-refractivity contribution is -0.122. The Hall–Kier alpha value is -2.89. The SMILES string of the molecule is CCCCn1cnc2c(-c3ccccc3)cn(CC(=O)N[C@@H](C)CC)c2c1=O. The van der Waals surface area contributed by atoms with Crippen LogP contribution in [0.2, 0.25) is 0 Å². The van der Waals surface area contributed by atoms with E-state index < -0.39 is 0 Å². The number of nitrogens with zero attached hydrogens (tertiary/aromatic N) is 3. The van der Waals surface area contributed by atoms with Gasteiger partial charge in [-0.3, -0.25) is 14.2 Å². The van der Waals surface area contributed by atoms with Crippen molar-refractivity contribution < 1.29 is 4.79 Å². The van der Waals surface area contributed by atoms with Crippen LogP contribution in [0, 0.1) is 0 Å². The number of rotatable bonds is 8. The van der Waals surface area contributed by atoms with Crippen molar-refractivity contribution in [1.29, 1.82) is 0 Å². The number of aromatic nitrogens is 3. The van der Waals surface area contributed by atoms with Gasteiger partial charge >= 0.3 is 0 Å². The highest BCUT2D eigenvalue weighted by atomic mass is 16.2. The fourth-order valence-electron chi connectivity index (χ4n) is 3.23. The third-order valence-electron chi connectivity index (χ3n) is 5.01. The summed E-state index contributed by atoms with van der Waals surface area (Å²) in [5.41, 5.74) is 2.87. The molecular formula is C22H28N4O2. The first-order valence-electron chi connectivity index (χ1n) is 9.98. The zero-order chi connectivity index (χ0) is 20.1. The van der Waals surface area contributed by atoms with Gasteiger partial charge in [0.25, 0.3) is 5.56 Å². The molecule has 6 heteroatoms. The molecule has 0 saturated carbocycles. The van der Waals surface area contributed by atoms with E-state index in [1.807, 2.05) is 50.4 Å². The number of amides is 1. The molecule has 0 radical (unpaired) electrons. The average Bonchev–Trinajstić information content (AvgIpc) is 3.07. The van der Waals surface area contributed by atoms with Crippen molar-refractivity contribution in [2.24, 2.45) is 0 Å². The van der Waals surface area contributed by atoms with Gasteiger partial charge < -0.3 is 9.88 Å². The van der Waals surface area contributed by atoms with Crippen molar-refractivity contribution in [2.75, 3.05) is 0 Å². The average molecular weight is 380 g/mol. The van der Waals surface area contributed by atoms with Crippen LogP contribution in [-0.2, 0) is 17.9 Å². The van der Waals surface area contributed by atoms with E-state index in [-0.39, 0.29) is 24.1 Å². The maximum atomic E-state index is 13.1. The van der Waals surface area contributed by atoms with Crippen molar-refractivity contribution in [2.45, 2.75) is 59.2 Å². The number of carbonyl (C=O) groups excluding carboxylic acids is 1. The molecule has 1 atom stereocenters. The molecule has 3 rings (SSSR count). The molecule has 2 heterocycles. The van der Waals surface area contributed by atoms with Gasteiger partial charge in [0, 0.05) is 24.3 Å². The first kappa shape index (κ1) is 19.9. The standard InChI is InChI=1S/C22H28N4O2/c1-4-6-12-25-15-23-20-18(17-10-8-7-9-11-17)13-26(21(20)22(25)28)14-19(27)24-16(3)5-2/h7-11,13,15-16H,4-6,12,14H2,1-3H3,(H,24,27)/t16-/m0/s1. The van der Waals surface area contributed by atoms with E-state index in [0.29, 0.717) is 17.6 Å². The summed E-state index contributed by atoms with van der Waals surface area (Å²) >= 11 is 0. The smallest absolute Gasteiger partial charge is 0.277 e. The van der Waals surface area contributed by atoms with Crippen molar-refractivity contribution in [3.63, 3.8) is 0 Å². The number of unbranched alkanes of at least 4 members (excludes halogenated alkanes) is 1. The number of carbonyl (C=O) groups is 1. The zero-order valence-corrected chi connectivity index (χ0v) is 16.8. The molecule has 2 aromatic heterocycles. The van der Waals surface area contributed by atoms with E-state index in [1.165, 1.54) is 0 Å². The predicted molar refractivity (Wildman–Crippen MR) is 112 cm³/mol. The molecule has 0 spiro atoms. The number of hydrogen-bond donors (Lipinski definition) is 1. The summed E-state index contributed by atoms with van der Waals surface area (Å²) in [6.45, 7) is 6.82. The first-order chi connectivity index (χ1) is 13.5. The highest BCUT2D eigenvalue weighted by molar-refractivity contribution is 5.93. The van der Waals surface area contributed by atoms with E-state index in [1.54, 1.807) is 15.5 Å². The minimum absolute atomic E-state index is 0.0993. The van der Waals surface area contributed by atoms with Gasteiger partial charge in [-0.05, 0) is 25.3 Å². The van der Waals surface area contributed by atoms with Crippen LogP contribution >= 0.6 is 0 Å². The Balaban J connectivity index is 2.09. The van der Waals surface area contributed by atoms with Gasteiger partial charge in [0.05, 0.1) is 6.33 Å². The maximum absolute atomic E-state index is 13.1. The van der Waals surface area contributed by atoms with Gasteiger partial charge in [0.2, 0.25) is 5.91 Å². The molecule has 0 aliphatic rings. The molecule has 0 unspecified atom stereocenters. The van der Waals surface area contributed by atoms with Crippen molar-refractivity contribution >= 4 is 16.9 Å². The number of aryl methyl sites for hydroxylation is 1. The van der Waals surface area contributed by atoms with Gasteiger partial charge in [-0.25, -0.2) is 4.98 Å². The molecule has 1 N–H and O–H groups in total. The Morgan fingerprint density at radius 3 is 2.61 bits per heavy atom. The van der Waals surface area contributed by atoms with Gasteiger partial charge in [-0.2, -0.15) is 0 Å². The summed E-state index contributed by atoms with van der Waals surface area (Å²) in [7, 11) is 0. The van der Waals surface area contributed by atoms with Crippen LogP contribution in [0.25, 0.3) is 22.2 Å². The predicted octanol–water partition coefficient (Wildman–Crippen LogP) is 3.58. The van der Waals surface area contributed by atoms with Crippen LogP contribution in [0.15, 0.2) is 47.7 Å². The summed E-state index contributed by atoms with van der Waals surface area (Å²) in [6.07, 6.45) is 6.26. The summed E-state index contributed by atoms with van der Waals surface area (Å²) in [4.78, 5) is 30.2. The van der Waals surface area contributed by atoms with Crippen molar-refractivity contribution in [3.05, 3.63) is 53.2 Å². The molecule has 1 amide bonds. The molecule has 0 aliphatic heterocycles. The molecular weight excluding hydrogens is 352 g/mol. The van der Waals surface area contributed by atoms with E-state index >= 15 is 0 Å². The molecule has 0 bridgehead atoms. The minimum atomic E-state index is -0.103. The molecule has 6 nitrogen and oxygen atoms in total. The molecule has 28 heavy (non-hydrogen) atoms. The van der Waals surface area contributed by atoms with Crippen molar-refractivity contribution in [3.8, 4) is 11.1 Å². The van der Waals surface area contributed by atoms with Gasteiger partial charge in [0.1, 0.15) is 17.6 Å². The topological polar surface area (TPSA) is 68.9 Å². The van der Waals surface area contributed by atoms with E-state index in [0.717, 1.165) is 30.4 Å². The quantitative estimate of drug-likeness (QED) is 0.649. The third-order valence-corrected chi connectivity index (χ3v) is 5.01. The summed E-state index contributed by atoms with van der Waals surface area (Å²) in [6, 6.07) is 9.94. The van der Waals surface area contributed by atoms with Crippen LogP contribution in [0.4, 0.5) is 0 Å². The van der Waals surface area contributed by atoms with E-state index in [9.17, 15) is 9.59 Å². The van der Waals surface area contributed by atoms with Crippen LogP contribution in [-0.4, -0.2) is 26.1 Å². The second-order valence-electron chi connectivity index (χ2n) is 7.21. The molecule has 3 aromatic rings. The van der Waals surface area contributed by atoms with Crippen LogP contribution in [0.3, 0.4) is 0 Å².